The zero-order chi connectivity index (χ0) is 26.6. The highest BCUT2D eigenvalue weighted by Gasteiger charge is 2.41. The van der Waals surface area contributed by atoms with Gasteiger partial charge in [-0.1, -0.05) is 43.3 Å². The molecule has 0 saturated carbocycles. The molecule has 194 valence electrons. The maximum Gasteiger partial charge on any atom is 0.226 e. The molecule has 1 amide bonds. The predicted molar refractivity (Wildman–Crippen MR) is 156 cm³/mol. The van der Waals surface area contributed by atoms with Crippen molar-refractivity contribution < 1.29 is 4.79 Å². The van der Waals surface area contributed by atoms with Crippen LogP contribution in [0.1, 0.15) is 53.6 Å². The molecule has 4 aromatic rings. The van der Waals surface area contributed by atoms with Gasteiger partial charge in [-0.25, -0.2) is 0 Å². The van der Waals surface area contributed by atoms with Crippen molar-refractivity contribution in [3.63, 3.8) is 0 Å². The lowest BCUT2D eigenvalue weighted by molar-refractivity contribution is -0.116. The summed E-state index contributed by atoms with van der Waals surface area (Å²) in [6.45, 7) is 6.96. The first-order valence-electron chi connectivity index (χ1n) is 13.1. The van der Waals surface area contributed by atoms with Crippen LogP contribution in [0.5, 0.6) is 0 Å². The van der Waals surface area contributed by atoms with Crippen molar-refractivity contribution >= 4 is 28.9 Å². The number of carbonyl (C=O) groups excluding carboxylic acids is 1. The Bertz CT molecular complexity index is 1420. The first-order valence-corrected chi connectivity index (χ1v) is 13.5. The minimum Gasteiger partial charge on any atom is -0.352 e. The van der Waals surface area contributed by atoms with Crippen LogP contribution in [0.4, 0.5) is 5.69 Å². The van der Waals surface area contributed by atoms with Crippen LogP contribution in [0, 0.1) is 13.8 Å². The summed E-state index contributed by atoms with van der Waals surface area (Å²) in [5.41, 5.74) is 7.66. The van der Waals surface area contributed by atoms with Crippen LogP contribution in [0.3, 0.4) is 0 Å². The monoisotopic (exact) mass is 523 g/mol. The van der Waals surface area contributed by atoms with Gasteiger partial charge in [-0.05, 0) is 86.1 Å². The number of aryl methyl sites for hydroxylation is 2. The lowest BCUT2D eigenvalue weighted by Gasteiger charge is -2.28. The summed E-state index contributed by atoms with van der Waals surface area (Å²) >= 11 is 5.83. The summed E-state index contributed by atoms with van der Waals surface area (Å²) in [5, 5.41) is 7.13. The Hall–Kier alpha value is -3.97. The summed E-state index contributed by atoms with van der Waals surface area (Å²) < 4.78 is 2.30. The van der Waals surface area contributed by atoms with Gasteiger partial charge < -0.3 is 20.1 Å². The second-order valence-corrected chi connectivity index (χ2v) is 10.1. The van der Waals surface area contributed by atoms with E-state index in [2.05, 4.69) is 76.2 Å². The average Bonchev–Trinajstić information content (AvgIpc) is 3.42. The van der Waals surface area contributed by atoms with E-state index in [1.54, 1.807) is 0 Å². The Morgan fingerprint density at radius 1 is 1.03 bits per heavy atom. The van der Waals surface area contributed by atoms with Crippen molar-refractivity contribution in [1.29, 1.82) is 0 Å². The van der Waals surface area contributed by atoms with Crippen molar-refractivity contribution in [2.24, 2.45) is 0 Å². The van der Waals surface area contributed by atoms with E-state index in [0.717, 1.165) is 34.9 Å². The van der Waals surface area contributed by atoms with E-state index in [-0.39, 0.29) is 18.0 Å². The molecule has 2 aromatic carbocycles. The quantitative estimate of drug-likeness (QED) is 0.275. The Morgan fingerprint density at radius 3 is 2.45 bits per heavy atom. The molecular formula is C31H33N5OS. The van der Waals surface area contributed by atoms with Crippen molar-refractivity contribution in [3.05, 3.63) is 113 Å². The molecule has 0 aliphatic carbocycles. The third-order valence-corrected chi connectivity index (χ3v) is 7.58. The van der Waals surface area contributed by atoms with Crippen molar-refractivity contribution in [2.45, 2.75) is 45.7 Å². The van der Waals surface area contributed by atoms with Crippen molar-refractivity contribution in [3.8, 4) is 5.69 Å². The average molecular weight is 524 g/mol. The third-order valence-electron chi connectivity index (χ3n) is 7.23. The fourth-order valence-corrected chi connectivity index (χ4v) is 5.65. The number of aromatic nitrogens is 2. The molecule has 1 saturated heterocycles. The number of hydrogen-bond donors (Lipinski definition) is 2. The zero-order valence-corrected chi connectivity index (χ0v) is 22.8. The van der Waals surface area contributed by atoms with Crippen LogP contribution in [0.2, 0.25) is 0 Å². The van der Waals surface area contributed by atoms with Crippen LogP contribution in [0.25, 0.3) is 5.69 Å². The third kappa shape index (κ3) is 5.20. The zero-order valence-electron chi connectivity index (χ0n) is 22.0. The number of para-hydroxylation sites is 1. The minimum absolute atomic E-state index is 0.0412. The number of anilines is 1. The molecule has 7 heteroatoms. The Morgan fingerprint density at radius 2 is 1.76 bits per heavy atom. The Balaban J connectivity index is 1.47. The number of pyridine rings is 1. The van der Waals surface area contributed by atoms with Crippen LogP contribution >= 0.6 is 12.2 Å². The normalized spacial score (nSPS) is 16.9. The largest absolute Gasteiger partial charge is 0.352 e. The SMILES string of the molecule is CCc1ccc(-n2c(C)cc([C@H]3[C@@H](c4ccccn4)NC(=S)N3CCC(=O)Nc3ccccc3)c2C)cc1. The van der Waals surface area contributed by atoms with Crippen LogP contribution in [-0.4, -0.2) is 32.0 Å². The molecule has 5 rings (SSSR count). The molecule has 0 spiro atoms. The molecule has 0 bridgehead atoms. The molecule has 1 aliphatic heterocycles. The number of benzene rings is 2. The minimum atomic E-state index is -0.127. The summed E-state index contributed by atoms with van der Waals surface area (Å²) in [7, 11) is 0. The van der Waals surface area contributed by atoms with Gasteiger partial charge in [0.15, 0.2) is 5.11 Å². The fourth-order valence-electron chi connectivity index (χ4n) is 5.32. The number of thiocarbonyl (C=S) groups is 1. The van der Waals surface area contributed by atoms with Crippen LogP contribution in [0.15, 0.2) is 85.1 Å². The summed E-state index contributed by atoms with van der Waals surface area (Å²) in [6, 6.07) is 26.2. The van der Waals surface area contributed by atoms with Gasteiger partial charge in [0.2, 0.25) is 5.91 Å². The molecule has 0 unspecified atom stereocenters. The van der Waals surface area contributed by atoms with Crippen molar-refractivity contribution in [2.75, 3.05) is 11.9 Å². The van der Waals surface area contributed by atoms with E-state index in [4.69, 9.17) is 12.2 Å². The summed E-state index contributed by atoms with van der Waals surface area (Å²) in [6.07, 6.45) is 3.14. The van der Waals surface area contributed by atoms with E-state index < -0.39 is 0 Å². The highest BCUT2D eigenvalue weighted by atomic mass is 32.1. The molecule has 2 aromatic heterocycles. The van der Waals surface area contributed by atoms with E-state index >= 15 is 0 Å². The Labute approximate surface area is 229 Å². The van der Waals surface area contributed by atoms with Gasteiger partial charge >= 0.3 is 0 Å². The maximum absolute atomic E-state index is 12.8. The van der Waals surface area contributed by atoms with Gasteiger partial charge in [-0.3, -0.25) is 9.78 Å². The van der Waals surface area contributed by atoms with E-state index in [1.165, 1.54) is 11.1 Å². The van der Waals surface area contributed by atoms with Gasteiger partial charge in [0, 0.05) is 41.9 Å². The van der Waals surface area contributed by atoms with E-state index in [1.807, 2.05) is 54.7 Å². The number of amides is 1. The number of carbonyl (C=O) groups is 1. The fraction of sp³-hybridized carbons (Fsp3) is 0.258. The molecule has 1 aliphatic rings. The summed E-state index contributed by atoms with van der Waals surface area (Å²) in [5.74, 6) is -0.0412. The smallest absolute Gasteiger partial charge is 0.226 e. The number of hydrogen-bond acceptors (Lipinski definition) is 3. The standard InChI is InChI=1S/C31H33N5OS/c1-4-23-13-15-25(16-14-23)36-21(2)20-26(22(36)3)30-29(27-12-8-9-18-32-27)34-31(38)35(30)19-17-28(37)33-24-10-6-5-7-11-24/h5-16,18,20,29-30H,4,17,19H2,1-3H3,(H,33,37)(H,34,38)/t29-,30+/m1/s1. The highest BCUT2D eigenvalue weighted by Crippen LogP contribution is 2.41. The Kier molecular flexibility index (Phi) is 7.56. The second-order valence-electron chi connectivity index (χ2n) is 9.67. The first-order chi connectivity index (χ1) is 18.5. The van der Waals surface area contributed by atoms with Crippen molar-refractivity contribution in [1.82, 2.24) is 19.8 Å². The predicted octanol–water partition coefficient (Wildman–Crippen LogP) is 6.05. The molecule has 2 N–H and O–H groups in total. The van der Waals surface area contributed by atoms with Crippen LogP contribution in [-0.2, 0) is 11.2 Å². The molecule has 1 fully saturated rings. The molecular weight excluding hydrogens is 490 g/mol. The molecule has 2 atom stereocenters. The van der Waals surface area contributed by atoms with E-state index in [0.29, 0.717) is 18.1 Å². The lowest BCUT2D eigenvalue weighted by Crippen LogP contribution is -2.32. The van der Waals surface area contributed by atoms with Gasteiger partial charge in [0.25, 0.3) is 0 Å². The van der Waals surface area contributed by atoms with Gasteiger partial charge in [0.05, 0.1) is 17.8 Å². The molecule has 6 nitrogen and oxygen atoms in total. The highest BCUT2D eigenvalue weighted by molar-refractivity contribution is 7.80. The number of rotatable bonds is 8. The van der Waals surface area contributed by atoms with Gasteiger partial charge in [-0.2, -0.15) is 0 Å². The molecule has 0 radical (unpaired) electrons. The van der Waals surface area contributed by atoms with E-state index in [9.17, 15) is 4.79 Å². The number of nitrogens with one attached hydrogen (secondary N) is 2. The van der Waals surface area contributed by atoms with Gasteiger partial charge in [-0.15, -0.1) is 0 Å². The van der Waals surface area contributed by atoms with Crippen LogP contribution < -0.4 is 10.6 Å². The first kappa shape index (κ1) is 25.7. The second kappa shape index (κ2) is 11.2. The number of nitrogens with zero attached hydrogens (tertiary/aromatic N) is 3. The lowest BCUT2D eigenvalue weighted by atomic mass is 9.96. The maximum atomic E-state index is 12.8. The molecule has 38 heavy (non-hydrogen) atoms. The van der Waals surface area contributed by atoms with Gasteiger partial charge in [0.1, 0.15) is 0 Å². The summed E-state index contributed by atoms with van der Waals surface area (Å²) in [4.78, 5) is 19.6. The molecule has 3 heterocycles. The topological polar surface area (TPSA) is 62.2 Å².